The number of nitrogens with two attached hydrogens (primary N) is 2. The molecule has 0 aliphatic carbocycles. The van der Waals surface area contributed by atoms with Gasteiger partial charge in [0, 0.05) is 0 Å². The molecule has 10 heavy (non-hydrogen) atoms. The summed E-state index contributed by atoms with van der Waals surface area (Å²) in [6, 6.07) is 0. The molecule has 0 saturated carbocycles. The summed E-state index contributed by atoms with van der Waals surface area (Å²) >= 11 is 0. The summed E-state index contributed by atoms with van der Waals surface area (Å²) in [6.45, 7) is 11.4. The topological polar surface area (TPSA) is 52.0 Å². The molecule has 0 heterocycles. The Hall–Kier alpha value is 0.543. The molecule has 0 spiro atoms. The second-order valence-corrected chi connectivity index (χ2v) is 0.931. The smallest absolute Gasteiger partial charge is 0.346 e. The third kappa shape index (κ3) is 75.2. The zero-order valence-electron chi connectivity index (χ0n) is 7.40. The molecule has 60 valence electrons. The Balaban J connectivity index is -0.0000000315. The van der Waals surface area contributed by atoms with E-state index in [1.165, 1.54) is 0 Å². The van der Waals surface area contributed by atoms with Crippen LogP contribution in [0.3, 0.4) is 0 Å². The van der Waals surface area contributed by atoms with E-state index < -0.39 is 0 Å². The van der Waals surface area contributed by atoms with Crippen LogP contribution >= 0.6 is 0 Å². The second-order valence-electron chi connectivity index (χ2n) is 0.931. The Morgan fingerprint density at radius 1 is 0.900 bits per heavy atom. The predicted molar refractivity (Wildman–Crippen MR) is 44.8 cm³/mol. The van der Waals surface area contributed by atoms with Gasteiger partial charge in [-0.2, -0.15) is 13.8 Å². The van der Waals surface area contributed by atoms with E-state index in [1.54, 1.807) is 13.8 Å². The van der Waals surface area contributed by atoms with Crippen LogP contribution in [-0.2, 0) is 19.5 Å². The van der Waals surface area contributed by atoms with Gasteiger partial charge in [0.1, 0.15) is 0 Å². The molecule has 3 heteroatoms. The second kappa shape index (κ2) is 55.5. The molecule has 0 atom stereocenters. The molecule has 0 radical (unpaired) electrons. The first-order chi connectivity index (χ1) is 4.41. The minimum Gasteiger partial charge on any atom is -0.346 e. The van der Waals surface area contributed by atoms with Gasteiger partial charge < -0.3 is 25.3 Å². The quantitative estimate of drug-likeness (QED) is 0.512. The molecule has 4 N–H and O–H groups in total. The van der Waals surface area contributed by atoms with Gasteiger partial charge in [0.05, 0.1) is 0 Å². The van der Waals surface area contributed by atoms with Crippen LogP contribution in [0, 0.1) is 13.8 Å². The fourth-order valence-electron chi connectivity index (χ4n) is 0.118. The van der Waals surface area contributed by atoms with Crippen LogP contribution in [0.15, 0.2) is 0 Å². The van der Waals surface area contributed by atoms with Crippen molar-refractivity contribution in [2.45, 2.75) is 20.3 Å². The van der Waals surface area contributed by atoms with Crippen molar-refractivity contribution in [3.05, 3.63) is 13.8 Å². The maximum absolute atomic E-state index is 5.06. The maximum atomic E-state index is 5.06. The van der Waals surface area contributed by atoms with Crippen LogP contribution in [-0.4, -0.2) is 13.1 Å². The molecular weight excluding hydrogens is 177 g/mol. The van der Waals surface area contributed by atoms with E-state index in [0.717, 1.165) is 19.5 Å². The number of hydrogen-bond acceptors (Lipinski definition) is 2. The first kappa shape index (κ1) is 22.4. The minimum absolute atomic E-state index is 0. The predicted octanol–water partition coefficient (Wildman–Crippen LogP) is 0.972. The molecule has 0 aromatic heterocycles. The molecule has 0 saturated heterocycles. The summed E-state index contributed by atoms with van der Waals surface area (Å²) in [6.07, 6.45) is 0.944. The third-order valence-electron chi connectivity index (χ3n) is 0.408. The Bertz CT molecular complexity index is 19.1. The zero-order valence-corrected chi connectivity index (χ0v) is 10.4. The molecule has 0 aromatic carbocycles. The maximum Gasteiger partial charge on any atom is 2.00 e. The van der Waals surface area contributed by atoms with E-state index in [4.69, 9.17) is 11.5 Å². The Kier molecular flexibility index (Phi) is 124. The zero-order chi connectivity index (χ0) is 8.12. The SMILES string of the molecule is NCCCN.[CH2-]C.[CH2-]C.[Zn+2]. The van der Waals surface area contributed by atoms with E-state index in [1.807, 2.05) is 0 Å². The van der Waals surface area contributed by atoms with E-state index in [-0.39, 0.29) is 19.5 Å². The fraction of sp³-hybridized carbons (Fsp3) is 0.714. The molecule has 0 fully saturated rings. The van der Waals surface area contributed by atoms with Gasteiger partial charge in [-0.25, -0.2) is 0 Å². The van der Waals surface area contributed by atoms with Crippen molar-refractivity contribution in [1.82, 2.24) is 0 Å². The molecule has 0 amide bonds. The van der Waals surface area contributed by atoms with Gasteiger partial charge in [-0.15, -0.1) is 0 Å². The van der Waals surface area contributed by atoms with Gasteiger partial charge in [-0.3, -0.25) is 0 Å². The normalized spacial score (nSPS) is 5.40. The average Bonchev–Trinajstić information content (AvgIpc) is 1.98. The monoisotopic (exact) mass is 196 g/mol. The Labute approximate surface area is 78.5 Å². The first-order valence-electron chi connectivity index (χ1n) is 3.23. The van der Waals surface area contributed by atoms with Crippen LogP contribution in [0.1, 0.15) is 20.3 Å². The first-order valence-corrected chi connectivity index (χ1v) is 3.23. The number of rotatable bonds is 2. The fourth-order valence-corrected chi connectivity index (χ4v) is 0.118. The van der Waals surface area contributed by atoms with E-state index >= 15 is 0 Å². The molecule has 0 aliphatic heterocycles. The standard InChI is InChI=1S/C3H10N2.2C2H5.Zn/c4-2-1-3-5;2*1-2;/h1-5H2;2*1H2,2H3;/q;2*-1;+2. The largest absolute Gasteiger partial charge is 2.00 e. The van der Waals surface area contributed by atoms with Gasteiger partial charge in [-0.1, -0.05) is 0 Å². The molecule has 0 bridgehead atoms. The summed E-state index contributed by atoms with van der Waals surface area (Å²) < 4.78 is 0. The van der Waals surface area contributed by atoms with E-state index in [2.05, 4.69) is 13.8 Å². The minimum atomic E-state index is 0. The van der Waals surface area contributed by atoms with Crippen molar-refractivity contribution >= 4 is 0 Å². The molecular formula is C7H20N2Zn. The van der Waals surface area contributed by atoms with Crippen molar-refractivity contribution in [2.24, 2.45) is 11.5 Å². The van der Waals surface area contributed by atoms with Crippen LogP contribution in [0.2, 0.25) is 0 Å². The van der Waals surface area contributed by atoms with Crippen molar-refractivity contribution in [2.75, 3.05) is 13.1 Å². The Morgan fingerprint density at radius 2 is 1.10 bits per heavy atom. The van der Waals surface area contributed by atoms with Gasteiger partial charge in [0.15, 0.2) is 0 Å². The summed E-state index contributed by atoms with van der Waals surface area (Å²) in [5.74, 6) is 0. The molecule has 0 unspecified atom stereocenters. The van der Waals surface area contributed by atoms with Crippen LogP contribution in [0.25, 0.3) is 0 Å². The van der Waals surface area contributed by atoms with E-state index in [0.29, 0.717) is 0 Å². The summed E-state index contributed by atoms with van der Waals surface area (Å²) in [5.41, 5.74) is 10.1. The molecule has 0 aliphatic rings. The summed E-state index contributed by atoms with van der Waals surface area (Å²) in [7, 11) is 0. The number of hydrogen-bond donors (Lipinski definition) is 2. The van der Waals surface area contributed by atoms with Crippen molar-refractivity contribution in [1.29, 1.82) is 0 Å². The van der Waals surface area contributed by atoms with Crippen LogP contribution in [0.4, 0.5) is 0 Å². The van der Waals surface area contributed by atoms with E-state index in [9.17, 15) is 0 Å². The van der Waals surface area contributed by atoms with Crippen molar-refractivity contribution in [3.8, 4) is 0 Å². The van der Waals surface area contributed by atoms with Gasteiger partial charge >= 0.3 is 19.5 Å². The average molecular weight is 198 g/mol. The van der Waals surface area contributed by atoms with Gasteiger partial charge in [0.2, 0.25) is 0 Å². The molecule has 2 nitrogen and oxygen atoms in total. The van der Waals surface area contributed by atoms with Gasteiger partial charge in [-0.05, 0) is 19.5 Å². The van der Waals surface area contributed by atoms with Crippen molar-refractivity contribution < 1.29 is 19.5 Å². The molecule has 0 aromatic rings. The van der Waals surface area contributed by atoms with Crippen LogP contribution < -0.4 is 11.5 Å². The summed E-state index contributed by atoms with van der Waals surface area (Å²) in [4.78, 5) is 0. The summed E-state index contributed by atoms with van der Waals surface area (Å²) in [5, 5.41) is 0. The molecule has 0 rings (SSSR count). The third-order valence-corrected chi connectivity index (χ3v) is 0.408. The van der Waals surface area contributed by atoms with Crippen LogP contribution in [0.5, 0.6) is 0 Å². The Morgan fingerprint density at radius 3 is 1.10 bits per heavy atom. The van der Waals surface area contributed by atoms with Gasteiger partial charge in [0.25, 0.3) is 0 Å². The van der Waals surface area contributed by atoms with Crippen molar-refractivity contribution in [3.63, 3.8) is 0 Å².